The summed E-state index contributed by atoms with van der Waals surface area (Å²) in [6, 6.07) is 7.46. The van der Waals surface area contributed by atoms with Gasteiger partial charge in [0, 0.05) is 25.2 Å². The molecule has 0 spiro atoms. The summed E-state index contributed by atoms with van der Waals surface area (Å²) < 4.78 is 5.16. The number of hydrogen-bond acceptors (Lipinski definition) is 3. The molecule has 1 atom stereocenters. The molecule has 0 aromatic heterocycles. The number of hydrogen-bond donors (Lipinski definition) is 0. The Labute approximate surface area is 139 Å². The van der Waals surface area contributed by atoms with Gasteiger partial charge < -0.3 is 14.5 Å². The van der Waals surface area contributed by atoms with E-state index < -0.39 is 0 Å². The molecule has 0 saturated carbocycles. The molecular formula is C19H28N2O2. The van der Waals surface area contributed by atoms with Crippen LogP contribution in [0.4, 0.5) is 0 Å². The van der Waals surface area contributed by atoms with Crippen LogP contribution in [0.2, 0.25) is 0 Å². The highest BCUT2D eigenvalue weighted by Crippen LogP contribution is 2.22. The Bertz CT molecular complexity index is 509. The van der Waals surface area contributed by atoms with Crippen LogP contribution >= 0.6 is 0 Å². The van der Waals surface area contributed by atoms with Crippen LogP contribution < -0.4 is 4.74 Å². The summed E-state index contributed by atoms with van der Waals surface area (Å²) in [6.45, 7) is 5.55. The number of rotatable bonds is 4. The zero-order chi connectivity index (χ0) is 16.1. The first kappa shape index (κ1) is 16.3. The lowest BCUT2D eigenvalue weighted by atomic mass is 10.0. The van der Waals surface area contributed by atoms with Gasteiger partial charge in [-0.25, -0.2) is 0 Å². The van der Waals surface area contributed by atoms with E-state index in [-0.39, 0.29) is 5.91 Å². The summed E-state index contributed by atoms with van der Waals surface area (Å²) in [7, 11) is 1.64. The second-order valence-electron chi connectivity index (χ2n) is 6.83. The van der Waals surface area contributed by atoms with Gasteiger partial charge in [0.25, 0.3) is 5.91 Å². The van der Waals surface area contributed by atoms with Crippen molar-refractivity contribution in [2.45, 2.75) is 32.1 Å². The lowest BCUT2D eigenvalue weighted by molar-refractivity contribution is 0.0759. The van der Waals surface area contributed by atoms with Crippen LogP contribution in [0.1, 0.15) is 42.5 Å². The van der Waals surface area contributed by atoms with Gasteiger partial charge in [0.1, 0.15) is 5.75 Å². The van der Waals surface area contributed by atoms with Crippen LogP contribution in [0.15, 0.2) is 24.3 Å². The summed E-state index contributed by atoms with van der Waals surface area (Å²) in [5.74, 6) is 1.71. The predicted octanol–water partition coefficient (Wildman–Crippen LogP) is 3.03. The maximum absolute atomic E-state index is 12.7. The van der Waals surface area contributed by atoms with E-state index in [1.165, 1.54) is 38.9 Å². The van der Waals surface area contributed by atoms with Crippen LogP contribution in [0, 0.1) is 5.92 Å². The molecule has 2 saturated heterocycles. The van der Waals surface area contributed by atoms with Gasteiger partial charge in [-0.3, -0.25) is 4.79 Å². The average Bonchev–Trinajstić information content (AvgIpc) is 2.99. The van der Waals surface area contributed by atoms with Crippen LogP contribution in [-0.2, 0) is 0 Å². The molecule has 1 aromatic rings. The van der Waals surface area contributed by atoms with Crippen LogP contribution in [0.5, 0.6) is 5.75 Å². The van der Waals surface area contributed by atoms with E-state index in [0.29, 0.717) is 0 Å². The third kappa shape index (κ3) is 4.25. The summed E-state index contributed by atoms with van der Waals surface area (Å²) >= 11 is 0. The summed E-state index contributed by atoms with van der Waals surface area (Å²) in [4.78, 5) is 17.3. The standard InChI is InChI=1S/C19H28N2O2/c1-23-18-8-6-17(7-9-18)19(22)21-13-4-5-16(10-14-21)15-20-11-2-3-12-20/h6-9,16H,2-5,10-15H2,1H3. The molecule has 0 bridgehead atoms. The molecule has 4 heteroatoms. The van der Waals surface area contributed by atoms with Gasteiger partial charge in [0.15, 0.2) is 0 Å². The molecule has 2 fully saturated rings. The van der Waals surface area contributed by atoms with E-state index in [1.807, 2.05) is 29.2 Å². The normalized spacial score (nSPS) is 22.8. The molecule has 126 valence electrons. The van der Waals surface area contributed by atoms with E-state index in [2.05, 4.69) is 4.90 Å². The highest BCUT2D eigenvalue weighted by atomic mass is 16.5. The second kappa shape index (κ2) is 7.82. The van der Waals surface area contributed by atoms with Gasteiger partial charge in [0.2, 0.25) is 0 Å². The molecule has 4 nitrogen and oxygen atoms in total. The summed E-state index contributed by atoms with van der Waals surface area (Å²) in [5, 5.41) is 0. The van der Waals surface area contributed by atoms with Crippen molar-refractivity contribution in [2.75, 3.05) is 39.8 Å². The Balaban J connectivity index is 1.54. The van der Waals surface area contributed by atoms with E-state index >= 15 is 0 Å². The number of carbonyl (C=O) groups excluding carboxylic acids is 1. The fourth-order valence-corrected chi connectivity index (χ4v) is 3.80. The van der Waals surface area contributed by atoms with Crippen molar-refractivity contribution in [1.82, 2.24) is 9.80 Å². The molecule has 1 aromatic carbocycles. The third-order valence-corrected chi connectivity index (χ3v) is 5.19. The third-order valence-electron chi connectivity index (χ3n) is 5.19. The zero-order valence-electron chi connectivity index (χ0n) is 14.2. The largest absolute Gasteiger partial charge is 0.497 e. The molecule has 0 N–H and O–H groups in total. The Morgan fingerprint density at radius 2 is 1.78 bits per heavy atom. The van der Waals surface area contributed by atoms with Gasteiger partial charge in [0.05, 0.1) is 7.11 Å². The van der Waals surface area contributed by atoms with Crippen LogP contribution in [0.25, 0.3) is 0 Å². The lowest BCUT2D eigenvalue weighted by Gasteiger charge is -2.23. The van der Waals surface area contributed by atoms with Crippen LogP contribution in [-0.4, -0.2) is 55.5 Å². The maximum atomic E-state index is 12.7. The average molecular weight is 316 g/mol. The van der Waals surface area contributed by atoms with Crippen LogP contribution in [0.3, 0.4) is 0 Å². The first-order valence-electron chi connectivity index (χ1n) is 8.92. The van der Waals surface area contributed by atoms with Crippen molar-refractivity contribution in [2.24, 2.45) is 5.92 Å². The van der Waals surface area contributed by atoms with Crippen molar-refractivity contribution >= 4 is 5.91 Å². The Kier molecular flexibility index (Phi) is 5.55. The fraction of sp³-hybridized carbons (Fsp3) is 0.632. The van der Waals surface area contributed by atoms with E-state index in [9.17, 15) is 4.79 Å². The molecular weight excluding hydrogens is 288 g/mol. The minimum atomic E-state index is 0.162. The Morgan fingerprint density at radius 1 is 1.04 bits per heavy atom. The fourth-order valence-electron chi connectivity index (χ4n) is 3.80. The van der Waals surface area contributed by atoms with Gasteiger partial charge in [-0.2, -0.15) is 0 Å². The Hall–Kier alpha value is -1.55. The second-order valence-corrected chi connectivity index (χ2v) is 6.83. The molecule has 2 aliphatic heterocycles. The number of carbonyl (C=O) groups is 1. The Morgan fingerprint density at radius 3 is 2.48 bits per heavy atom. The van der Waals surface area contributed by atoms with Crippen molar-refractivity contribution in [3.63, 3.8) is 0 Å². The lowest BCUT2D eigenvalue weighted by Crippen LogP contribution is -2.32. The first-order chi connectivity index (χ1) is 11.3. The highest BCUT2D eigenvalue weighted by molar-refractivity contribution is 5.94. The van der Waals surface area contributed by atoms with Crippen molar-refractivity contribution in [3.8, 4) is 5.75 Å². The number of likely N-dealkylation sites (tertiary alicyclic amines) is 2. The monoisotopic (exact) mass is 316 g/mol. The molecule has 2 aliphatic rings. The number of ether oxygens (including phenoxy) is 1. The van der Waals surface area contributed by atoms with Gasteiger partial charge >= 0.3 is 0 Å². The first-order valence-corrected chi connectivity index (χ1v) is 8.92. The van der Waals surface area contributed by atoms with Gasteiger partial charge in [-0.1, -0.05) is 0 Å². The number of amides is 1. The summed E-state index contributed by atoms with van der Waals surface area (Å²) in [5.41, 5.74) is 0.767. The molecule has 1 unspecified atom stereocenters. The molecule has 0 radical (unpaired) electrons. The molecule has 3 rings (SSSR count). The van der Waals surface area contributed by atoms with E-state index in [1.54, 1.807) is 7.11 Å². The molecule has 1 amide bonds. The van der Waals surface area contributed by atoms with E-state index in [4.69, 9.17) is 4.74 Å². The van der Waals surface area contributed by atoms with Gasteiger partial charge in [-0.15, -0.1) is 0 Å². The van der Waals surface area contributed by atoms with Crippen molar-refractivity contribution in [1.29, 1.82) is 0 Å². The minimum Gasteiger partial charge on any atom is -0.497 e. The minimum absolute atomic E-state index is 0.162. The SMILES string of the molecule is COc1ccc(C(=O)N2CCCC(CN3CCCC3)CC2)cc1. The predicted molar refractivity (Wildman–Crippen MR) is 91.9 cm³/mol. The quantitative estimate of drug-likeness (QED) is 0.856. The number of benzene rings is 1. The van der Waals surface area contributed by atoms with E-state index in [0.717, 1.165) is 43.2 Å². The van der Waals surface area contributed by atoms with Gasteiger partial charge in [-0.05, 0) is 75.4 Å². The zero-order valence-corrected chi connectivity index (χ0v) is 14.2. The van der Waals surface area contributed by atoms with Crippen molar-refractivity contribution in [3.05, 3.63) is 29.8 Å². The maximum Gasteiger partial charge on any atom is 0.253 e. The smallest absolute Gasteiger partial charge is 0.253 e. The summed E-state index contributed by atoms with van der Waals surface area (Å²) in [6.07, 6.45) is 6.23. The molecule has 23 heavy (non-hydrogen) atoms. The molecule has 0 aliphatic carbocycles. The van der Waals surface area contributed by atoms with Crippen molar-refractivity contribution < 1.29 is 9.53 Å². The molecule has 2 heterocycles. The topological polar surface area (TPSA) is 32.8 Å². The highest BCUT2D eigenvalue weighted by Gasteiger charge is 2.23. The number of methoxy groups -OCH3 is 1. The number of nitrogens with zero attached hydrogens (tertiary/aromatic N) is 2.